The van der Waals surface area contributed by atoms with Gasteiger partial charge in [0, 0.05) is 43.5 Å². The van der Waals surface area contributed by atoms with Gasteiger partial charge in [-0.1, -0.05) is 6.08 Å². The largest absolute Gasteiger partial charge is 0.378 e. The maximum atomic E-state index is 13.9. The number of hydrogen-bond acceptors (Lipinski definition) is 8. The van der Waals surface area contributed by atoms with Crippen molar-refractivity contribution in [2.45, 2.75) is 35.7 Å². The van der Waals surface area contributed by atoms with Crippen LogP contribution in [0, 0.1) is 5.92 Å². The molecule has 2 heterocycles. The molecule has 1 aliphatic heterocycles. The molecule has 1 unspecified atom stereocenters. The lowest BCUT2D eigenvalue weighted by atomic mass is 10.1. The zero-order valence-corrected chi connectivity index (χ0v) is 23.5. The monoisotopic (exact) mass is 554 g/mol. The summed E-state index contributed by atoms with van der Waals surface area (Å²) >= 11 is 0. The van der Waals surface area contributed by atoms with E-state index in [1.807, 2.05) is 37.2 Å². The van der Waals surface area contributed by atoms with Crippen molar-refractivity contribution in [3.8, 4) is 11.4 Å². The number of amides is 2. The quantitative estimate of drug-likeness (QED) is 0.407. The van der Waals surface area contributed by atoms with E-state index in [4.69, 9.17) is 14.7 Å². The van der Waals surface area contributed by atoms with E-state index in [0.717, 1.165) is 24.9 Å². The zero-order chi connectivity index (χ0) is 27.6. The topological polar surface area (TPSA) is 117 Å². The normalized spacial score (nSPS) is 19.4. The van der Waals surface area contributed by atoms with Crippen molar-refractivity contribution in [1.82, 2.24) is 20.2 Å². The van der Waals surface area contributed by atoms with E-state index in [1.165, 1.54) is 0 Å². The Hall–Kier alpha value is -3.02. The number of morpholine rings is 1. The van der Waals surface area contributed by atoms with E-state index in [9.17, 15) is 13.2 Å². The molecular weight excluding hydrogens is 516 g/mol. The van der Waals surface area contributed by atoms with Crippen LogP contribution in [0.4, 0.5) is 16.3 Å². The molecule has 39 heavy (non-hydrogen) atoms. The molecule has 2 aliphatic carbocycles. The van der Waals surface area contributed by atoms with E-state index in [-0.39, 0.29) is 11.9 Å². The Bertz CT molecular complexity index is 1300. The summed E-state index contributed by atoms with van der Waals surface area (Å²) in [6.45, 7) is 7.69. The highest BCUT2D eigenvalue weighted by atomic mass is 32.2. The molecule has 11 heteroatoms. The van der Waals surface area contributed by atoms with E-state index < -0.39 is 19.8 Å². The smallest absolute Gasteiger partial charge is 0.319 e. The minimum atomic E-state index is -3.52. The second-order valence-corrected chi connectivity index (χ2v) is 13.3. The number of benzene rings is 1. The maximum absolute atomic E-state index is 13.9. The standard InChI is InChI=1S/C28H38N6O4S/c1-4-23(20-5-6-20)39(36,37)28(11-12-28)24-19-25(34-15-17-38-18-16-34)32-26(31-24)21-7-9-22(10-8-21)30-27(35)29-13-14-33(2)3/h4,7-10,19-20,23H,1,5-6,11-18H2,2-3H3,(H2,29,30,35). The number of ether oxygens (including phenoxy) is 1. The molecule has 0 spiro atoms. The van der Waals surface area contributed by atoms with Gasteiger partial charge in [0.05, 0.1) is 24.2 Å². The van der Waals surface area contributed by atoms with Crippen molar-refractivity contribution in [3.05, 3.63) is 48.7 Å². The number of nitrogens with zero attached hydrogens (tertiary/aromatic N) is 4. The molecule has 1 atom stereocenters. The first-order valence-electron chi connectivity index (χ1n) is 13.6. The third-order valence-electron chi connectivity index (χ3n) is 7.69. The van der Waals surface area contributed by atoms with Gasteiger partial charge in [-0.3, -0.25) is 0 Å². The van der Waals surface area contributed by atoms with Crippen molar-refractivity contribution >= 4 is 27.4 Å². The summed E-state index contributed by atoms with van der Waals surface area (Å²) in [6, 6.07) is 8.89. The summed E-state index contributed by atoms with van der Waals surface area (Å²) in [4.78, 5) is 26.0. The Balaban J connectivity index is 1.43. The number of aromatic nitrogens is 2. The third-order valence-corrected chi connectivity index (χ3v) is 10.7. The number of likely N-dealkylation sites (N-methyl/N-ethyl adjacent to an activating group) is 1. The van der Waals surface area contributed by atoms with Crippen LogP contribution >= 0.6 is 0 Å². The number of nitrogens with one attached hydrogen (secondary N) is 2. The average molecular weight is 555 g/mol. The van der Waals surface area contributed by atoms with Gasteiger partial charge >= 0.3 is 6.03 Å². The summed E-state index contributed by atoms with van der Waals surface area (Å²) < 4.78 is 32.3. The molecule has 3 aliphatic rings. The summed E-state index contributed by atoms with van der Waals surface area (Å²) in [5.74, 6) is 1.34. The molecule has 2 amide bonds. The molecule has 210 valence electrons. The Labute approximate surface area is 230 Å². The number of urea groups is 1. The Morgan fingerprint density at radius 1 is 1.21 bits per heavy atom. The summed E-state index contributed by atoms with van der Waals surface area (Å²) in [6.07, 6.45) is 4.57. The number of carbonyl (C=O) groups is 1. The Morgan fingerprint density at radius 2 is 1.90 bits per heavy atom. The fourth-order valence-corrected chi connectivity index (χ4v) is 7.70. The van der Waals surface area contributed by atoms with E-state index in [0.29, 0.717) is 68.7 Å². The van der Waals surface area contributed by atoms with Gasteiger partial charge in [-0.15, -0.1) is 6.58 Å². The van der Waals surface area contributed by atoms with Crippen LogP contribution in [0.5, 0.6) is 0 Å². The fourth-order valence-electron chi connectivity index (χ4n) is 5.08. The molecule has 1 aromatic carbocycles. The van der Waals surface area contributed by atoms with Crippen LogP contribution < -0.4 is 15.5 Å². The number of carbonyl (C=O) groups excluding carboxylic acids is 1. The zero-order valence-electron chi connectivity index (χ0n) is 22.7. The van der Waals surface area contributed by atoms with E-state index >= 15 is 0 Å². The molecule has 0 radical (unpaired) electrons. The lowest BCUT2D eigenvalue weighted by Gasteiger charge is -2.29. The average Bonchev–Trinajstić information content (AvgIpc) is 3.84. The lowest BCUT2D eigenvalue weighted by molar-refractivity contribution is 0.122. The number of rotatable bonds is 11. The van der Waals surface area contributed by atoms with Crippen molar-refractivity contribution in [2.75, 3.05) is 63.7 Å². The molecule has 1 saturated heterocycles. The summed E-state index contributed by atoms with van der Waals surface area (Å²) in [5, 5.41) is 5.12. The van der Waals surface area contributed by atoms with Gasteiger partial charge in [-0.05, 0) is 70.0 Å². The summed E-state index contributed by atoms with van der Waals surface area (Å²) in [7, 11) is 0.381. The van der Waals surface area contributed by atoms with Gasteiger partial charge in [-0.2, -0.15) is 0 Å². The van der Waals surface area contributed by atoms with Crippen LogP contribution in [0.1, 0.15) is 31.4 Å². The molecule has 1 aromatic heterocycles. The van der Waals surface area contributed by atoms with Gasteiger partial charge in [0.1, 0.15) is 10.6 Å². The highest BCUT2D eigenvalue weighted by Gasteiger charge is 2.61. The third kappa shape index (κ3) is 5.95. The number of sulfone groups is 1. The molecule has 2 aromatic rings. The minimum absolute atomic E-state index is 0.158. The minimum Gasteiger partial charge on any atom is -0.378 e. The summed E-state index contributed by atoms with van der Waals surface area (Å²) in [5.41, 5.74) is 1.95. The fraction of sp³-hybridized carbons (Fsp3) is 0.536. The molecule has 10 nitrogen and oxygen atoms in total. The second-order valence-electron chi connectivity index (χ2n) is 10.9. The first-order chi connectivity index (χ1) is 18.7. The predicted molar refractivity (Wildman–Crippen MR) is 153 cm³/mol. The van der Waals surface area contributed by atoms with Gasteiger partial charge < -0.3 is 25.2 Å². The molecule has 5 rings (SSSR count). The van der Waals surface area contributed by atoms with Crippen LogP contribution in [0.25, 0.3) is 11.4 Å². The van der Waals surface area contributed by atoms with Gasteiger partial charge in [0.2, 0.25) is 0 Å². The van der Waals surface area contributed by atoms with Gasteiger partial charge in [0.25, 0.3) is 0 Å². The number of hydrogen-bond donors (Lipinski definition) is 2. The van der Waals surface area contributed by atoms with Crippen molar-refractivity contribution in [3.63, 3.8) is 0 Å². The SMILES string of the molecule is C=CC(C1CC1)S(=O)(=O)C1(c2cc(N3CCOCC3)nc(-c3ccc(NC(=O)NCCN(C)C)cc3)n2)CC1. The van der Waals surface area contributed by atoms with Crippen LogP contribution in [-0.2, 0) is 19.3 Å². The van der Waals surface area contributed by atoms with Crippen LogP contribution in [-0.4, -0.2) is 88.1 Å². The first-order valence-corrected chi connectivity index (χ1v) is 15.2. The Morgan fingerprint density at radius 3 is 2.49 bits per heavy atom. The molecule has 2 N–H and O–H groups in total. The van der Waals surface area contributed by atoms with Crippen molar-refractivity contribution < 1.29 is 17.9 Å². The van der Waals surface area contributed by atoms with Gasteiger partial charge in [-0.25, -0.2) is 23.2 Å². The predicted octanol–water partition coefficient (Wildman–Crippen LogP) is 3.03. The molecule has 2 saturated carbocycles. The lowest BCUT2D eigenvalue weighted by Crippen LogP contribution is -2.37. The van der Waals surface area contributed by atoms with Crippen LogP contribution in [0.3, 0.4) is 0 Å². The van der Waals surface area contributed by atoms with E-state index in [2.05, 4.69) is 22.1 Å². The molecule has 3 fully saturated rings. The molecular formula is C28H38N6O4S. The highest BCUT2D eigenvalue weighted by molar-refractivity contribution is 7.93. The highest BCUT2D eigenvalue weighted by Crippen LogP contribution is 2.56. The van der Waals surface area contributed by atoms with Crippen molar-refractivity contribution in [2.24, 2.45) is 5.92 Å². The first kappa shape index (κ1) is 27.5. The van der Waals surface area contributed by atoms with Crippen LogP contribution in [0.15, 0.2) is 43.0 Å². The second kappa shape index (κ2) is 11.2. The van der Waals surface area contributed by atoms with Gasteiger partial charge in [0.15, 0.2) is 15.7 Å². The molecule has 0 bridgehead atoms. The maximum Gasteiger partial charge on any atom is 0.319 e. The Kier molecular flexibility index (Phi) is 7.93. The van der Waals surface area contributed by atoms with Crippen LogP contribution in [0.2, 0.25) is 0 Å². The number of anilines is 2. The van der Waals surface area contributed by atoms with E-state index in [1.54, 1.807) is 18.2 Å². The van der Waals surface area contributed by atoms with Crippen molar-refractivity contribution in [1.29, 1.82) is 0 Å².